The predicted octanol–water partition coefficient (Wildman–Crippen LogP) is 3.19. The minimum Gasteiger partial charge on any atom is -0.469 e. The number of rotatable bonds is 3. The van der Waals surface area contributed by atoms with Crippen LogP contribution >= 0.6 is 0 Å². The summed E-state index contributed by atoms with van der Waals surface area (Å²) in [6, 6.07) is 3.81. The van der Waals surface area contributed by atoms with Gasteiger partial charge in [-0.2, -0.15) is 0 Å². The lowest BCUT2D eigenvalue weighted by Gasteiger charge is -2.47. The Morgan fingerprint density at radius 1 is 1.22 bits per heavy atom. The van der Waals surface area contributed by atoms with Gasteiger partial charge in [0.15, 0.2) is 0 Å². The van der Waals surface area contributed by atoms with Crippen LogP contribution in [0.25, 0.3) is 0 Å². The van der Waals surface area contributed by atoms with Crippen LogP contribution in [0.1, 0.15) is 53.0 Å². The molecular formula is C20H31N3O4. The summed E-state index contributed by atoms with van der Waals surface area (Å²) in [4.78, 5) is 32.6. The third-order valence-electron chi connectivity index (χ3n) is 4.67. The molecule has 1 aromatic heterocycles. The second-order valence-corrected chi connectivity index (χ2v) is 8.56. The molecule has 0 bridgehead atoms. The summed E-state index contributed by atoms with van der Waals surface area (Å²) < 4.78 is 10.3. The molecule has 1 unspecified atom stereocenters. The highest BCUT2D eigenvalue weighted by atomic mass is 16.6. The maximum Gasteiger partial charge on any atom is 0.410 e. The summed E-state index contributed by atoms with van der Waals surface area (Å²) in [6.45, 7) is 13.3. The van der Waals surface area contributed by atoms with Crippen molar-refractivity contribution in [3.63, 3.8) is 0 Å². The van der Waals surface area contributed by atoms with Gasteiger partial charge in [-0.15, -0.1) is 0 Å². The van der Waals surface area contributed by atoms with E-state index < -0.39 is 5.60 Å². The van der Waals surface area contributed by atoms with Crippen LogP contribution in [0, 0.1) is 0 Å². The van der Waals surface area contributed by atoms with Crippen molar-refractivity contribution < 1.29 is 19.1 Å². The van der Waals surface area contributed by atoms with Crippen molar-refractivity contribution in [1.82, 2.24) is 9.88 Å². The molecule has 1 atom stereocenters. The second kappa shape index (κ2) is 7.74. The van der Waals surface area contributed by atoms with Crippen LogP contribution in [0.3, 0.4) is 0 Å². The topological polar surface area (TPSA) is 72.0 Å². The van der Waals surface area contributed by atoms with Gasteiger partial charge in [-0.25, -0.2) is 9.78 Å². The Kier molecular flexibility index (Phi) is 6.02. The average Bonchev–Trinajstić information content (AvgIpc) is 2.58. The van der Waals surface area contributed by atoms with Gasteiger partial charge >= 0.3 is 12.1 Å². The normalized spacial score (nSPS) is 18.0. The van der Waals surface area contributed by atoms with Crippen LogP contribution in [0.15, 0.2) is 18.3 Å². The number of carbonyl (C=O) groups excluding carboxylic acids is 2. The standard InChI is InChI=1S/C20H31N3O4/c1-14(17(24)26-7)15-8-9-16(21-12-15)22-10-11-23(20(5,6)13-22)18(25)27-19(2,3)4/h8-9,12,14H,10-11,13H2,1-7H3. The molecule has 1 saturated heterocycles. The summed E-state index contributed by atoms with van der Waals surface area (Å²) in [6.07, 6.45) is 1.42. The van der Waals surface area contributed by atoms with E-state index in [4.69, 9.17) is 9.47 Å². The summed E-state index contributed by atoms with van der Waals surface area (Å²) in [7, 11) is 1.38. The fourth-order valence-electron chi connectivity index (χ4n) is 3.16. The molecule has 1 amide bonds. The third-order valence-corrected chi connectivity index (χ3v) is 4.67. The number of hydrogen-bond donors (Lipinski definition) is 0. The van der Waals surface area contributed by atoms with E-state index in [-0.39, 0.29) is 23.5 Å². The number of carbonyl (C=O) groups is 2. The highest BCUT2D eigenvalue weighted by Gasteiger charge is 2.39. The lowest BCUT2D eigenvalue weighted by atomic mass is 9.99. The van der Waals surface area contributed by atoms with Gasteiger partial charge in [0.05, 0.1) is 18.6 Å². The number of ether oxygens (including phenoxy) is 2. The summed E-state index contributed by atoms with van der Waals surface area (Å²) in [5.41, 5.74) is -0.0876. The molecule has 0 aliphatic carbocycles. The Morgan fingerprint density at radius 2 is 1.89 bits per heavy atom. The lowest BCUT2D eigenvalue weighted by Crippen LogP contribution is -2.62. The van der Waals surface area contributed by atoms with Crippen molar-refractivity contribution in [1.29, 1.82) is 0 Å². The fourth-order valence-corrected chi connectivity index (χ4v) is 3.16. The van der Waals surface area contributed by atoms with Crippen molar-refractivity contribution in [2.75, 3.05) is 31.6 Å². The Hall–Kier alpha value is -2.31. The van der Waals surface area contributed by atoms with E-state index in [1.54, 1.807) is 18.0 Å². The molecule has 0 aromatic carbocycles. The molecule has 1 fully saturated rings. The third kappa shape index (κ3) is 5.11. The first-order valence-electron chi connectivity index (χ1n) is 9.24. The number of anilines is 1. The van der Waals surface area contributed by atoms with E-state index in [1.165, 1.54) is 7.11 Å². The molecule has 7 nitrogen and oxygen atoms in total. The predicted molar refractivity (Wildman–Crippen MR) is 104 cm³/mol. The van der Waals surface area contributed by atoms with E-state index in [2.05, 4.69) is 9.88 Å². The molecular weight excluding hydrogens is 346 g/mol. The van der Waals surface area contributed by atoms with E-state index in [1.807, 2.05) is 46.8 Å². The Labute approximate surface area is 161 Å². The summed E-state index contributed by atoms with van der Waals surface area (Å²) in [5.74, 6) is 0.196. The molecule has 1 aliphatic rings. The van der Waals surface area contributed by atoms with Crippen LogP contribution in [0.2, 0.25) is 0 Å². The average molecular weight is 377 g/mol. The largest absolute Gasteiger partial charge is 0.469 e. The van der Waals surface area contributed by atoms with Gasteiger partial charge in [0.1, 0.15) is 11.4 Å². The monoisotopic (exact) mass is 377 g/mol. The number of aromatic nitrogens is 1. The minimum absolute atomic E-state index is 0.281. The first kappa shape index (κ1) is 21.0. The zero-order valence-corrected chi connectivity index (χ0v) is 17.4. The van der Waals surface area contributed by atoms with Crippen molar-refractivity contribution >= 4 is 17.9 Å². The van der Waals surface area contributed by atoms with Gasteiger partial charge in [0.25, 0.3) is 0 Å². The highest BCUT2D eigenvalue weighted by molar-refractivity contribution is 5.77. The van der Waals surface area contributed by atoms with Crippen molar-refractivity contribution in [3.05, 3.63) is 23.9 Å². The molecule has 2 rings (SSSR count). The Bertz CT molecular complexity index is 679. The van der Waals surface area contributed by atoms with Crippen LogP contribution < -0.4 is 4.90 Å². The fraction of sp³-hybridized carbons (Fsp3) is 0.650. The quantitative estimate of drug-likeness (QED) is 0.754. The molecule has 1 aromatic rings. The molecule has 150 valence electrons. The van der Waals surface area contributed by atoms with Crippen molar-refractivity contribution in [2.45, 2.75) is 58.6 Å². The van der Waals surface area contributed by atoms with E-state index in [0.717, 1.165) is 11.4 Å². The zero-order chi connectivity index (χ0) is 20.4. The van der Waals surface area contributed by atoms with Crippen LogP contribution in [0.4, 0.5) is 10.6 Å². The van der Waals surface area contributed by atoms with Gasteiger partial charge in [0.2, 0.25) is 0 Å². The molecule has 0 N–H and O–H groups in total. The number of nitrogens with zero attached hydrogens (tertiary/aromatic N) is 3. The van der Waals surface area contributed by atoms with Crippen LogP contribution in [-0.2, 0) is 14.3 Å². The molecule has 2 heterocycles. The number of piperazine rings is 1. The van der Waals surface area contributed by atoms with Gasteiger partial charge in [0, 0.05) is 25.8 Å². The number of esters is 1. The SMILES string of the molecule is COC(=O)C(C)c1ccc(N2CCN(C(=O)OC(C)(C)C)C(C)(C)C2)nc1. The second-order valence-electron chi connectivity index (χ2n) is 8.56. The molecule has 27 heavy (non-hydrogen) atoms. The zero-order valence-electron chi connectivity index (χ0n) is 17.4. The van der Waals surface area contributed by atoms with Gasteiger partial charge in [-0.05, 0) is 53.2 Å². The van der Waals surface area contributed by atoms with E-state index in [9.17, 15) is 9.59 Å². The van der Waals surface area contributed by atoms with Gasteiger partial charge in [-0.3, -0.25) is 9.69 Å². The van der Waals surface area contributed by atoms with Gasteiger partial charge < -0.3 is 14.4 Å². The molecule has 0 saturated carbocycles. The molecule has 1 aliphatic heterocycles. The van der Waals surface area contributed by atoms with Crippen molar-refractivity contribution in [3.8, 4) is 0 Å². The first-order valence-corrected chi connectivity index (χ1v) is 9.24. The maximum absolute atomic E-state index is 12.5. The summed E-state index contributed by atoms with van der Waals surface area (Å²) in [5, 5.41) is 0. The smallest absolute Gasteiger partial charge is 0.410 e. The van der Waals surface area contributed by atoms with Crippen LogP contribution in [-0.4, -0.2) is 59.8 Å². The van der Waals surface area contributed by atoms with Crippen LogP contribution in [0.5, 0.6) is 0 Å². The number of methoxy groups -OCH3 is 1. The number of pyridine rings is 1. The minimum atomic E-state index is -0.516. The highest BCUT2D eigenvalue weighted by Crippen LogP contribution is 2.27. The number of hydrogen-bond acceptors (Lipinski definition) is 6. The maximum atomic E-state index is 12.5. The molecule has 0 spiro atoms. The number of amides is 1. The molecule has 0 radical (unpaired) electrons. The Balaban J connectivity index is 2.08. The van der Waals surface area contributed by atoms with Gasteiger partial charge in [-0.1, -0.05) is 6.07 Å². The summed E-state index contributed by atoms with van der Waals surface area (Å²) >= 11 is 0. The first-order chi connectivity index (χ1) is 12.4. The molecule has 7 heteroatoms. The Morgan fingerprint density at radius 3 is 2.37 bits per heavy atom. The van der Waals surface area contributed by atoms with E-state index >= 15 is 0 Å². The lowest BCUT2D eigenvalue weighted by molar-refractivity contribution is -0.142. The van der Waals surface area contributed by atoms with E-state index in [0.29, 0.717) is 19.6 Å². The van der Waals surface area contributed by atoms with Crippen molar-refractivity contribution in [2.24, 2.45) is 0 Å².